The molecular weight excluding hydrogens is 424 g/mol. The van der Waals surface area contributed by atoms with E-state index in [2.05, 4.69) is 65.4 Å². The van der Waals surface area contributed by atoms with Crippen LogP contribution >= 0.6 is 11.6 Å². The van der Waals surface area contributed by atoms with Crippen LogP contribution in [0.25, 0.3) is 11.2 Å². The topological polar surface area (TPSA) is 75.0 Å². The molecule has 1 N–H and O–H groups in total. The van der Waals surface area contributed by atoms with E-state index in [0.29, 0.717) is 11.3 Å². The maximum atomic E-state index is 6.14. The number of hydrogen-bond acceptors (Lipinski definition) is 7. The number of benzene rings is 1. The Bertz CT molecular complexity index is 1180. The molecular formula is C23H25ClN8. The van der Waals surface area contributed by atoms with Crippen LogP contribution in [0.5, 0.6) is 0 Å². The van der Waals surface area contributed by atoms with Crippen molar-refractivity contribution >= 4 is 40.1 Å². The first-order valence-electron chi connectivity index (χ1n) is 10.8. The van der Waals surface area contributed by atoms with Crippen molar-refractivity contribution in [3.05, 3.63) is 65.8 Å². The highest BCUT2D eigenvalue weighted by Gasteiger charge is 2.18. The van der Waals surface area contributed by atoms with Crippen molar-refractivity contribution in [2.75, 3.05) is 36.4 Å². The van der Waals surface area contributed by atoms with Crippen molar-refractivity contribution in [3.63, 3.8) is 0 Å². The fourth-order valence-corrected chi connectivity index (χ4v) is 4.17. The fourth-order valence-electron chi connectivity index (χ4n) is 4.00. The molecule has 1 aromatic carbocycles. The van der Waals surface area contributed by atoms with E-state index in [4.69, 9.17) is 11.6 Å². The quantitative estimate of drug-likeness (QED) is 0.447. The van der Waals surface area contributed by atoms with Crippen molar-refractivity contribution in [1.82, 2.24) is 29.4 Å². The Morgan fingerprint density at radius 3 is 2.50 bits per heavy atom. The summed E-state index contributed by atoms with van der Waals surface area (Å²) in [4.78, 5) is 22.4. The maximum absolute atomic E-state index is 6.14. The highest BCUT2D eigenvalue weighted by atomic mass is 35.5. The SMILES string of the molecule is CCn1cnc2c(Nc3ccc(CN4CCN(c5ccccn5)CC4)cc3)nc(Cl)nc21. The number of imidazole rings is 1. The third-order valence-corrected chi connectivity index (χ3v) is 5.91. The van der Waals surface area contributed by atoms with Gasteiger partial charge in [0.25, 0.3) is 0 Å². The first-order valence-corrected chi connectivity index (χ1v) is 11.2. The average molecular weight is 449 g/mol. The van der Waals surface area contributed by atoms with Gasteiger partial charge in [-0.15, -0.1) is 0 Å². The van der Waals surface area contributed by atoms with E-state index in [1.807, 2.05) is 29.8 Å². The Hall–Kier alpha value is -3.23. The lowest BCUT2D eigenvalue weighted by molar-refractivity contribution is 0.249. The molecule has 0 saturated carbocycles. The van der Waals surface area contributed by atoms with Crippen molar-refractivity contribution in [2.24, 2.45) is 0 Å². The number of nitrogens with zero attached hydrogens (tertiary/aromatic N) is 7. The van der Waals surface area contributed by atoms with Crippen LogP contribution in [0.4, 0.5) is 17.3 Å². The second-order valence-electron chi connectivity index (χ2n) is 7.82. The molecule has 1 saturated heterocycles. The summed E-state index contributed by atoms with van der Waals surface area (Å²) in [6.45, 7) is 7.77. The second-order valence-corrected chi connectivity index (χ2v) is 8.16. The van der Waals surface area contributed by atoms with Crippen LogP contribution in [0.2, 0.25) is 5.28 Å². The second kappa shape index (κ2) is 9.10. The molecule has 1 aliphatic heterocycles. The van der Waals surface area contributed by atoms with E-state index in [1.54, 1.807) is 6.33 Å². The van der Waals surface area contributed by atoms with E-state index < -0.39 is 0 Å². The molecule has 0 spiro atoms. The molecule has 4 aromatic rings. The highest BCUT2D eigenvalue weighted by molar-refractivity contribution is 6.28. The Balaban J connectivity index is 1.22. The van der Waals surface area contributed by atoms with Crippen LogP contribution in [-0.2, 0) is 13.1 Å². The predicted molar refractivity (Wildman–Crippen MR) is 127 cm³/mol. The van der Waals surface area contributed by atoms with Crippen molar-refractivity contribution < 1.29 is 0 Å². The molecule has 1 fully saturated rings. The van der Waals surface area contributed by atoms with E-state index in [0.717, 1.165) is 56.4 Å². The van der Waals surface area contributed by atoms with Crippen molar-refractivity contribution in [2.45, 2.75) is 20.0 Å². The van der Waals surface area contributed by atoms with Crippen molar-refractivity contribution in [1.29, 1.82) is 0 Å². The van der Waals surface area contributed by atoms with E-state index in [9.17, 15) is 0 Å². The standard InChI is InChI=1S/C23H25ClN8/c1-2-31-16-26-20-21(28-23(24)29-22(20)31)27-18-8-6-17(7-9-18)15-30-11-13-32(14-12-30)19-5-3-4-10-25-19/h3-10,16H,2,11-15H2,1H3,(H,27,28,29). The van der Waals surface area contributed by atoms with Gasteiger partial charge in [-0.3, -0.25) is 4.90 Å². The summed E-state index contributed by atoms with van der Waals surface area (Å²) in [5, 5.41) is 3.55. The zero-order valence-electron chi connectivity index (χ0n) is 17.9. The van der Waals surface area contributed by atoms with Gasteiger partial charge in [0.05, 0.1) is 6.33 Å². The van der Waals surface area contributed by atoms with Gasteiger partial charge in [0.15, 0.2) is 17.0 Å². The molecule has 8 nitrogen and oxygen atoms in total. The summed E-state index contributed by atoms with van der Waals surface area (Å²) in [6.07, 6.45) is 3.62. The van der Waals surface area contributed by atoms with Crippen LogP contribution in [0, 0.1) is 0 Å². The number of hydrogen-bond donors (Lipinski definition) is 1. The van der Waals surface area contributed by atoms with Gasteiger partial charge < -0.3 is 14.8 Å². The van der Waals surface area contributed by atoms with E-state index >= 15 is 0 Å². The Kier molecular flexibility index (Phi) is 5.87. The van der Waals surface area contributed by atoms with Gasteiger partial charge >= 0.3 is 0 Å². The molecule has 0 unspecified atom stereocenters. The van der Waals surface area contributed by atoms with Crippen LogP contribution in [-0.4, -0.2) is 55.6 Å². The summed E-state index contributed by atoms with van der Waals surface area (Å²) < 4.78 is 1.95. The number of aryl methyl sites for hydroxylation is 1. The third kappa shape index (κ3) is 4.37. The van der Waals surface area contributed by atoms with E-state index in [-0.39, 0.29) is 5.28 Å². The van der Waals surface area contributed by atoms with Gasteiger partial charge in [-0.1, -0.05) is 18.2 Å². The molecule has 4 heterocycles. The molecule has 1 aliphatic rings. The maximum Gasteiger partial charge on any atom is 0.226 e. The number of nitrogens with one attached hydrogen (secondary N) is 1. The molecule has 0 amide bonds. The largest absolute Gasteiger partial charge is 0.354 e. The summed E-state index contributed by atoms with van der Waals surface area (Å²) in [5.41, 5.74) is 3.67. The zero-order chi connectivity index (χ0) is 21.9. The summed E-state index contributed by atoms with van der Waals surface area (Å²) in [6, 6.07) is 14.5. The minimum Gasteiger partial charge on any atom is -0.354 e. The number of anilines is 3. The van der Waals surface area contributed by atoms with Gasteiger partial charge in [-0.05, 0) is 48.4 Å². The number of fused-ring (bicyclic) bond motifs is 1. The number of piperazine rings is 1. The summed E-state index contributed by atoms with van der Waals surface area (Å²) >= 11 is 6.14. The molecule has 164 valence electrons. The van der Waals surface area contributed by atoms with Crippen LogP contribution in [0.15, 0.2) is 55.0 Å². The summed E-state index contributed by atoms with van der Waals surface area (Å²) in [5.74, 6) is 1.68. The zero-order valence-corrected chi connectivity index (χ0v) is 18.7. The predicted octanol–water partition coefficient (Wildman–Crippen LogP) is 3.96. The van der Waals surface area contributed by atoms with Gasteiger partial charge in [0.2, 0.25) is 5.28 Å². The molecule has 5 rings (SSSR count). The van der Waals surface area contributed by atoms with Crippen molar-refractivity contribution in [3.8, 4) is 0 Å². The molecule has 0 atom stereocenters. The number of pyridine rings is 1. The fraction of sp³-hybridized carbons (Fsp3) is 0.304. The molecule has 3 aromatic heterocycles. The first kappa shape index (κ1) is 20.7. The molecule has 32 heavy (non-hydrogen) atoms. The molecule has 9 heteroatoms. The van der Waals surface area contributed by atoms with Gasteiger partial charge in [0, 0.05) is 51.2 Å². The van der Waals surface area contributed by atoms with Gasteiger partial charge in [-0.2, -0.15) is 9.97 Å². The third-order valence-electron chi connectivity index (χ3n) is 5.75. The van der Waals surface area contributed by atoms with E-state index in [1.165, 1.54) is 5.56 Å². The molecule has 0 aliphatic carbocycles. The smallest absolute Gasteiger partial charge is 0.226 e. The Morgan fingerprint density at radius 2 is 1.78 bits per heavy atom. The lowest BCUT2D eigenvalue weighted by Crippen LogP contribution is -2.46. The minimum atomic E-state index is 0.205. The first-order chi connectivity index (χ1) is 15.7. The highest BCUT2D eigenvalue weighted by Crippen LogP contribution is 2.25. The van der Waals surface area contributed by atoms with Crippen LogP contribution in [0.1, 0.15) is 12.5 Å². The number of halogens is 1. The van der Waals surface area contributed by atoms with Crippen LogP contribution < -0.4 is 10.2 Å². The monoisotopic (exact) mass is 448 g/mol. The molecule has 0 bridgehead atoms. The lowest BCUT2D eigenvalue weighted by Gasteiger charge is -2.35. The number of aromatic nitrogens is 5. The Morgan fingerprint density at radius 1 is 0.969 bits per heavy atom. The van der Waals surface area contributed by atoms with Gasteiger partial charge in [-0.25, -0.2) is 9.97 Å². The van der Waals surface area contributed by atoms with Gasteiger partial charge in [0.1, 0.15) is 5.82 Å². The molecule has 0 radical (unpaired) electrons. The minimum absolute atomic E-state index is 0.205. The Labute approximate surface area is 191 Å². The summed E-state index contributed by atoms with van der Waals surface area (Å²) in [7, 11) is 0. The number of rotatable bonds is 6. The lowest BCUT2D eigenvalue weighted by atomic mass is 10.1. The normalized spacial score (nSPS) is 14.8. The average Bonchev–Trinajstić information content (AvgIpc) is 3.24. The van der Waals surface area contributed by atoms with Crippen LogP contribution in [0.3, 0.4) is 0 Å².